The standard InChI is InChI=1S/C28H36FN5O4/c1-4-5-24-27(36)32(14-15-38-19-22-8-6-20(2)7-9-22)17-25-33(24)26(35)18-31(3)34(25)28(37)30-16-21-10-12-23(29)13-11-21/h6-13,24-25H,4-5,14-19H2,1-3H3,(H,30,37)/t24-,25-/m0/s1. The summed E-state index contributed by atoms with van der Waals surface area (Å²) in [7, 11) is 1.69. The maximum Gasteiger partial charge on any atom is 0.334 e. The van der Waals surface area contributed by atoms with Crippen molar-refractivity contribution in [2.45, 2.75) is 52.0 Å². The van der Waals surface area contributed by atoms with Gasteiger partial charge in [0.25, 0.3) is 0 Å². The maximum absolute atomic E-state index is 13.4. The summed E-state index contributed by atoms with van der Waals surface area (Å²) in [5.74, 6) is -0.643. The third kappa shape index (κ3) is 6.31. The Hall–Kier alpha value is -3.50. The lowest BCUT2D eigenvalue weighted by Gasteiger charge is -2.54. The van der Waals surface area contributed by atoms with Crippen LogP contribution in [0, 0.1) is 12.7 Å². The molecule has 2 aromatic rings. The first kappa shape index (κ1) is 27.5. The number of rotatable bonds is 9. The second-order valence-corrected chi connectivity index (χ2v) is 9.85. The number of nitrogens with zero attached hydrogens (tertiary/aromatic N) is 4. The molecular formula is C28H36FN5O4. The molecule has 0 unspecified atom stereocenters. The first-order chi connectivity index (χ1) is 18.3. The molecule has 2 aromatic carbocycles. The molecule has 10 heteroatoms. The van der Waals surface area contributed by atoms with Gasteiger partial charge in [-0.25, -0.2) is 19.2 Å². The number of ether oxygens (including phenoxy) is 1. The molecule has 2 saturated heterocycles. The van der Waals surface area contributed by atoms with E-state index in [1.165, 1.54) is 22.7 Å². The van der Waals surface area contributed by atoms with E-state index in [-0.39, 0.29) is 43.3 Å². The second-order valence-electron chi connectivity index (χ2n) is 9.85. The molecule has 2 aliphatic rings. The van der Waals surface area contributed by atoms with Crippen molar-refractivity contribution in [1.29, 1.82) is 0 Å². The van der Waals surface area contributed by atoms with Gasteiger partial charge in [0.15, 0.2) is 0 Å². The maximum atomic E-state index is 13.4. The van der Waals surface area contributed by atoms with Crippen LogP contribution in [-0.4, -0.2) is 83.2 Å². The number of carbonyl (C=O) groups is 3. The summed E-state index contributed by atoms with van der Waals surface area (Å²) in [5, 5.41) is 5.98. The number of nitrogens with one attached hydrogen (secondary N) is 1. The fourth-order valence-corrected chi connectivity index (χ4v) is 4.97. The second kappa shape index (κ2) is 12.4. The average molecular weight is 526 g/mol. The number of carbonyl (C=O) groups excluding carboxylic acids is 3. The smallest absolute Gasteiger partial charge is 0.334 e. The Kier molecular flexibility index (Phi) is 8.96. The highest BCUT2D eigenvalue weighted by Crippen LogP contribution is 2.27. The van der Waals surface area contributed by atoms with Gasteiger partial charge in [-0.2, -0.15) is 0 Å². The van der Waals surface area contributed by atoms with Crippen LogP contribution in [0.5, 0.6) is 0 Å². The molecule has 0 spiro atoms. The summed E-state index contributed by atoms with van der Waals surface area (Å²) in [4.78, 5) is 43.1. The summed E-state index contributed by atoms with van der Waals surface area (Å²) in [5.41, 5.74) is 2.99. The topological polar surface area (TPSA) is 85.4 Å². The Bertz CT molecular complexity index is 1130. The van der Waals surface area contributed by atoms with Crippen LogP contribution < -0.4 is 5.32 Å². The summed E-state index contributed by atoms with van der Waals surface area (Å²) >= 11 is 0. The van der Waals surface area contributed by atoms with Gasteiger partial charge in [0.1, 0.15) is 18.0 Å². The van der Waals surface area contributed by atoms with Crippen LogP contribution in [0.3, 0.4) is 0 Å². The number of fused-ring (bicyclic) bond motifs is 1. The molecule has 38 heavy (non-hydrogen) atoms. The zero-order valence-electron chi connectivity index (χ0n) is 22.2. The monoisotopic (exact) mass is 525 g/mol. The Balaban J connectivity index is 1.45. The van der Waals surface area contributed by atoms with E-state index in [1.54, 1.807) is 34.0 Å². The molecule has 4 rings (SSSR count). The van der Waals surface area contributed by atoms with Crippen LogP contribution in [0.25, 0.3) is 0 Å². The van der Waals surface area contributed by atoms with Gasteiger partial charge in [-0.05, 0) is 36.6 Å². The zero-order valence-corrected chi connectivity index (χ0v) is 22.2. The summed E-state index contributed by atoms with van der Waals surface area (Å²) in [6.07, 6.45) is 0.592. The van der Waals surface area contributed by atoms with Gasteiger partial charge in [-0.3, -0.25) is 9.59 Å². The molecule has 2 fully saturated rings. The number of piperazine rings is 1. The van der Waals surface area contributed by atoms with E-state index in [2.05, 4.69) is 5.32 Å². The predicted octanol–water partition coefficient (Wildman–Crippen LogP) is 2.89. The van der Waals surface area contributed by atoms with Crippen molar-refractivity contribution in [2.75, 3.05) is 33.3 Å². The molecule has 1 N–H and O–H groups in total. The molecule has 2 heterocycles. The first-order valence-electron chi connectivity index (χ1n) is 13.0. The van der Waals surface area contributed by atoms with Crippen LogP contribution in [0.15, 0.2) is 48.5 Å². The lowest BCUT2D eigenvalue weighted by molar-refractivity contribution is -0.188. The summed E-state index contributed by atoms with van der Waals surface area (Å²) < 4.78 is 19.1. The van der Waals surface area contributed by atoms with Gasteiger partial charge in [0.2, 0.25) is 11.8 Å². The molecule has 4 amide bonds. The minimum atomic E-state index is -0.638. The first-order valence-corrected chi connectivity index (χ1v) is 13.0. The Morgan fingerprint density at radius 3 is 2.45 bits per heavy atom. The molecule has 0 radical (unpaired) electrons. The number of benzene rings is 2. The third-order valence-electron chi connectivity index (χ3n) is 6.96. The van der Waals surface area contributed by atoms with Crippen molar-refractivity contribution >= 4 is 17.8 Å². The highest BCUT2D eigenvalue weighted by atomic mass is 19.1. The largest absolute Gasteiger partial charge is 0.375 e. The molecule has 2 atom stereocenters. The van der Waals surface area contributed by atoms with E-state index in [9.17, 15) is 18.8 Å². The molecule has 0 saturated carbocycles. The van der Waals surface area contributed by atoms with Crippen LogP contribution in [0.4, 0.5) is 9.18 Å². The van der Waals surface area contributed by atoms with Crippen LogP contribution in [0.2, 0.25) is 0 Å². The molecule has 2 aliphatic heterocycles. The molecular weight excluding hydrogens is 489 g/mol. The number of hydrogen-bond donors (Lipinski definition) is 1. The number of hydrogen-bond acceptors (Lipinski definition) is 5. The lowest BCUT2D eigenvalue weighted by Crippen LogP contribution is -2.76. The molecule has 0 aliphatic carbocycles. The number of urea groups is 1. The lowest BCUT2D eigenvalue weighted by atomic mass is 10.0. The van der Waals surface area contributed by atoms with Gasteiger partial charge in [-0.1, -0.05) is 55.3 Å². The van der Waals surface area contributed by atoms with Gasteiger partial charge in [-0.15, -0.1) is 0 Å². The van der Waals surface area contributed by atoms with Gasteiger partial charge >= 0.3 is 6.03 Å². The fourth-order valence-electron chi connectivity index (χ4n) is 4.97. The van der Waals surface area contributed by atoms with Crippen molar-refractivity contribution in [2.24, 2.45) is 0 Å². The van der Waals surface area contributed by atoms with Gasteiger partial charge in [0.05, 0.1) is 26.3 Å². The van der Waals surface area contributed by atoms with Crippen molar-refractivity contribution in [3.8, 4) is 0 Å². The summed E-state index contributed by atoms with van der Waals surface area (Å²) in [6.45, 7) is 5.53. The van der Waals surface area contributed by atoms with E-state index >= 15 is 0 Å². The van der Waals surface area contributed by atoms with Crippen LogP contribution >= 0.6 is 0 Å². The Morgan fingerprint density at radius 2 is 1.76 bits per heavy atom. The van der Waals surface area contributed by atoms with Crippen LogP contribution in [0.1, 0.15) is 36.5 Å². The van der Waals surface area contributed by atoms with E-state index in [1.807, 2.05) is 38.1 Å². The highest BCUT2D eigenvalue weighted by Gasteiger charge is 2.50. The predicted molar refractivity (Wildman–Crippen MR) is 140 cm³/mol. The summed E-state index contributed by atoms with van der Waals surface area (Å²) in [6, 6.07) is 13.0. The number of halogens is 1. The number of likely N-dealkylation sites (N-methyl/N-ethyl adjacent to an activating group) is 1. The van der Waals surface area contributed by atoms with Crippen LogP contribution in [-0.2, 0) is 27.5 Å². The van der Waals surface area contributed by atoms with Gasteiger partial charge in [0, 0.05) is 20.1 Å². The minimum Gasteiger partial charge on any atom is -0.375 e. The van der Waals surface area contributed by atoms with Gasteiger partial charge < -0.3 is 19.9 Å². The van der Waals surface area contributed by atoms with Crippen molar-refractivity contribution in [1.82, 2.24) is 25.1 Å². The van der Waals surface area contributed by atoms with E-state index in [0.29, 0.717) is 26.2 Å². The van der Waals surface area contributed by atoms with Crippen molar-refractivity contribution < 1.29 is 23.5 Å². The number of amides is 4. The fraction of sp³-hybridized carbons (Fsp3) is 0.464. The number of hydrazine groups is 1. The number of aryl methyl sites for hydroxylation is 1. The van der Waals surface area contributed by atoms with E-state index in [0.717, 1.165) is 17.5 Å². The quantitative estimate of drug-likeness (QED) is 0.509. The normalized spacial score (nSPS) is 20.1. The highest BCUT2D eigenvalue weighted by molar-refractivity contribution is 5.91. The average Bonchev–Trinajstić information content (AvgIpc) is 2.89. The molecule has 0 aromatic heterocycles. The third-order valence-corrected chi connectivity index (χ3v) is 6.96. The van der Waals surface area contributed by atoms with E-state index < -0.39 is 12.2 Å². The zero-order chi connectivity index (χ0) is 27.2. The molecule has 204 valence electrons. The minimum absolute atomic E-state index is 0.00633. The Labute approximate surface area is 223 Å². The molecule has 0 bridgehead atoms. The molecule has 9 nitrogen and oxygen atoms in total. The van der Waals surface area contributed by atoms with E-state index in [4.69, 9.17) is 4.74 Å². The Morgan fingerprint density at radius 1 is 1.08 bits per heavy atom. The van der Waals surface area contributed by atoms with Crippen molar-refractivity contribution in [3.05, 3.63) is 71.0 Å². The SMILES string of the molecule is CCC[C@H]1C(=O)N(CCOCc2ccc(C)cc2)C[C@H]2N1C(=O)CN(C)N2C(=O)NCc1ccc(F)cc1. The van der Waals surface area contributed by atoms with Crippen molar-refractivity contribution in [3.63, 3.8) is 0 Å².